The number of aromatic nitrogens is 6. The molecular weight excluding hydrogens is 482 g/mol. The zero-order chi connectivity index (χ0) is 25.8. The molecule has 0 bridgehead atoms. The molecule has 10 nitrogen and oxygen atoms in total. The number of nitrogens with zero attached hydrogens (tertiary/aromatic N) is 7. The van der Waals surface area contributed by atoms with E-state index in [1.165, 1.54) is 12.1 Å². The van der Waals surface area contributed by atoms with Crippen LogP contribution in [0, 0.1) is 17.0 Å². The van der Waals surface area contributed by atoms with Crippen molar-refractivity contribution in [3.05, 3.63) is 124 Å². The highest BCUT2D eigenvalue weighted by atomic mass is 16.6. The summed E-state index contributed by atoms with van der Waals surface area (Å²) < 4.78 is 9.86. The minimum absolute atomic E-state index is 0.00698. The van der Waals surface area contributed by atoms with Crippen molar-refractivity contribution in [3.63, 3.8) is 0 Å². The third-order valence-electron chi connectivity index (χ3n) is 6.69. The fraction of sp³-hybridized carbons (Fsp3) is 0.0714. The van der Waals surface area contributed by atoms with Crippen LogP contribution < -0.4 is 4.74 Å². The van der Waals surface area contributed by atoms with Gasteiger partial charge in [0.25, 0.3) is 5.69 Å². The highest BCUT2D eigenvalue weighted by Crippen LogP contribution is 2.49. The van der Waals surface area contributed by atoms with Crippen molar-refractivity contribution in [3.8, 4) is 28.8 Å². The molecule has 1 aliphatic rings. The number of benzene rings is 3. The molecule has 0 saturated carbocycles. The minimum atomic E-state index is -0.432. The van der Waals surface area contributed by atoms with E-state index in [-0.39, 0.29) is 11.6 Å². The van der Waals surface area contributed by atoms with Crippen molar-refractivity contribution in [1.82, 2.24) is 29.4 Å². The number of para-hydroxylation sites is 1. The molecule has 7 rings (SSSR count). The Morgan fingerprint density at radius 3 is 2.32 bits per heavy atom. The van der Waals surface area contributed by atoms with E-state index in [1.54, 1.807) is 23.0 Å². The van der Waals surface area contributed by atoms with E-state index in [0.29, 0.717) is 28.8 Å². The maximum absolute atomic E-state index is 11.1. The molecule has 0 amide bonds. The van der Waals surface area contributed by atoms with E-state index in [2.05, 4.69) is 22.2 Å². The van der Waals surface area contributed by atoms with E-state index < -0.39 is 4.92 Å². The fourth-order valence-electron chi connectivity index (χ4n) is 4.96. The second kappa shape index (κ2) is 8.34. The monoisotopic (exact) mass is 501 g/mol. The fourth-order valence-corrected chi connectivity index (χ4v) is 4.96. The van der Waals surface area contributed by atoms with Crippen LogP contribution in [0.25, 0.3) is 22.7 Å². The van der Waals surface area contributed by atoms with Gasteiger partial charge in [-0.25, -0.2) is 19.2 Å². The van der Waals surface area contributed by atoms with Crippen molar-refractivity contribution in [2.24, 2.45) is 0 Å². The maximum Gasteiger partial charge on any atom is 0.269 e. The van der Waals surface area contributed by atoms with E-state index in [1.807, 2.05) is 60.1 Å². The number of nitro benzene ring substituents is 1. The van der Waals surface area contributed by atoms with Crippen LogP contribution in [0.5, 0.6) is 11.8 Å². The van der Waals surface area contributed by atoms with Gasteiger partial charge in [0.2, 0.25) is 11.8 Å². The van der Waals surface area contributed by atoms with Crippen LogP contribution in [-0.4, -0.2) is 34.3 Å². The average Bonchev–Trinajstić information content (AvgIpc) is 3.54. The SMILES string of the molecule is Cc1nn(-c2ccccc2)c2c1[C@@H](c1ccccc1)c1c(ncn3nc(-c4ccc([N+](=O)[O-])cc4)nc13)O2. The number of rotatable bonds is 4. The summed E-state index contributed by atoms with van der Waals surface area (Å²) in [5, 5.41) is 20.5. The lowest BCUT2D eigenvalue weighted by molar-refractivity contribution is -0.384. The summed E-state index contributed by atoms with van der Waals surface area (Å²) in [5.41, 5.74) is 5.74. The van der Waals surface area contributed by atoms with Crippen LogP contribution in [0.3, 0.4) is 0 Å². The van der Waals surface area contributed by atoms with Gasteiger partial charge in [-0.05, 0) is 36.8 Å². The smallest absolute Gasteiger partial charge is 0.269 e. The predicted octanol–water partition coefficient (Wildman–Crippen LogP) is 5.48. The van der Waals surface area contributed by atoms with Gasteiger partial charge >= 0.3 is 0 Å². The summed E-state index contributed by atoms with van der Waals surface area (Å²) in [6.45, 7) is 1.97. The van der Waals surface area contributed by atoms with E-state index in [9.17, 15) is 10.1 Å². The summed E-state index contributed by atoms with van der Waals surface area (Å²) in [6, 6.07) is 26.1. The van der Waals surface area contributed by atoms with Crippen molar-refractivity contribution in [2.45, 2.75) is 12.8 Å². The lowest BCUT2D eigenvalue weighted by Gasteiger charge is -2.26. The zero-order valence-electron chi connectivity index (χ0n) is 20.1. The zero-order valence-corrected chi connectivity index (χ0v) is 20.1. The van der Waals surface area contributed by atoms with Crippen LogP contribution in [-0.2, 0) is 0 Å². The molecule has 3 aromatic carbocycles. The topological polar surface area (TPSA) is 113 Å². The van der Waals surface area contributed by atoms with Crippen molar-refractivity contribution >= 4 is 11.3 Å². The summed E-state index contributed by atoms with van der Waals surface area (Å²) in [5.74, 6) is 1.22. The van der Waals surface area contributed by atoms with Gasteiger partial charge in [-0.3, -0.25) is 10.1 Å². The summed E-state index contributed by atoms with van der Waals surface area (Å²) >= 11 is 0. The molecule has 184 valence electrons. The Labute approximate surface area is 216 Å². The van der Waals surface area contributed by atoms with Gasteiger partial charge in [0.15, 0.2) is 11.5 Å². The number of ether oxygens (including phenoxy) is 1. The molecule has 1 atom stereocenters. The number of hydrogen-bond donors (Lipinski definition) is 0. The van der Waals surface area contributed by atoms with Gasteiger partial charge in [-0.2, -0.15) is 5.10 Å². The van der Waals surface area contributed by atoms with Crippen molar-refractivity contribution in [2.75, 3.05) is 0 Å². The number of fused-ring (bicyclic) bond motifs is 4. The Morgan fingerprint density at radius 1 is 0.895 bits per heavy atom. The quantitative estimate of drug-likeness (QED) is 0.232. The second-order valence-corrected chi connectivity index (χ2v) is 8.97. The van der Waals surface area contributed by atoms with Gasteiger partial charge < -0.3 is 4.74 Å². The number of hydrogen-bond acceptors (Lipinski definition) is 7. The summed E-state index contributed by atoms with van der Waals surface area (Å²) in [7, 11) is 0. The molecule has 38 heavy (non-hydrogen) atoms. The molecule has 6 aromatic rings. The lowest BCUT2D eigenvalue weighted by atomic mass is 9.84. The van der Waals surface area contributed by atoms with E-state index >= 15 is 0 Å². The second-order valence-electron chi connectivity index (χ2n) is 8.97. The molecule has 10 heteroatoms. The van der Waals surface area contributed by atoms with Crippen molar-refractivity contribution < 1.29 is 9.66 Å². The van der Waals surface area contributed by atoms with E-state index in [0.717, 1.165) is 28.1 Å². The molecular formula is C28H19N7O3. The molecule has 0 N–H and O–H groups in total. The van der Waals surface area contributed by atoms with Gasteiger partial charge in [0.1, 0.15) is 6.33 Å². The number of non-ortho nitro benzene ring substituents is 1. The van der Waals surface area contributed by atoms with Crippen LogP contribution in [0.2, 0.25) is 0 Å². The lowest BCUT2D eigenvalue weighted by Crippen LogP contribution is -2.16. The first kappa shape index (κ1) is 21.9. The molecule has 3 aromatic heterocycles. The average molecular weight is 502 g/mol. The Morgan fingerprint density at radius 2 is 1.61 bits per heavy atom. The van der Waals surface area contributed by atoms with Crippen LogP contribution in [0.4, 0.5) is 5.69 Å². The van der Waals surface area contributed by atoms with Gasteiger partial charge in [0, 0.05) is 17.7 Å². The van der Waals surface area contributed by atoms with Gasteiger partial charge in [0.05, 0.1) is 33.3 Å². The Balaban J connectivity index is 1.44. The minimum Gasteiger partial charge on any atom is -0.420 e. The predicted molar refractivity (Wildman–Crippen MR) is 139 cm³/mol. The molecule has 0 saturated heterocycles. The highest BCUT2D eigenvalue weighted by Gasteiger charge is 2.38. The standard InChI is InChI=1S/C28H19N7O3/c1-17-22-23(18-8-4-2-5-9-18)24-26-30-25(19-12-14-21(15-13-19)35(36)37)32-33(26)16-29-27(24)38-28(22)34(31-17)20-10-6-3-7-11-20/h2-16,23H,1H3/t23-/m1/s1. The van der Waals surface area contributed by atoms with Crippen LogP contribution in [0.1, 0.15) is 28.3 Å². The first-order valence-electron chi connectivity index (χ1n) is 12.0. The Bertz CT molecular complexity index is 1830. The molecule has 0 unspecified atom stereocenters. The van der Waals surface area contributed by atoms with E-state index in [4.69, 9.17) is 14.8 Å². The van der Waals surface area contributed by atoms with Gasteiger partial charge in [-0.1, -0.05) is 48.5 Å². The number of aryl methyl sites for hydroxylation is 1. The number of nitro groups is 1. The normalized spacial score (nSPS) is 14.1. The molecule has 0 aliphatic carbocycles. The maximum atomic E-state index is 11.1. The molecule has 0 radical (unpaired) electrons. The first-order valence-corrected chi connectivity index (χ1v) is 12.0. The molecule has 0 fully saturated rings. The highest BCUT2D eigenvalue weighted by molar-refractivity contribution is 5.69. The summed E-state index contributed by atoms with van der Waals surface area (Å²) in [4.78, 5) is 20.1. The first-order chi connectivity index (χ1) is 18.6. The molecule has 1 aliphatic heterocycles. The summed E-state index contributed by atoms with van der Waals surface area (Å²) in [6.07, 6.45) is 1.57. The Hall–Kier alpha value is -5.38. The molecule has 0 spiro atoms. The third kappa shape index (κ3) is 3.34. The van der Waals surface area contributed by atoms with Crippen molar-refractivity contribution in [1.29, 1.82) is 0 Å². The van der Waals surface area contributed by atoms with Crippen LogP contribution in [0.15, 0.2) is 91.3 Å². The van der Waals surface area contributed by atoms with Crippen LogP contribution >= 0.6 is 0 Å². The Kier molecular flexibility index (Phi) is 4.80. The third-order valence-corrected chi connectivity index (χ3v) is 6.69. The van der Waals surface area contributed by atoms with Gasteiger partial charge in [-0.15, -0.1) is 5.10 Å². The molecule has 4 heterocycles. The largest absolute Gasteiger partial charge is 0.420 e.